The quantitative estimate of drug-likeness (QED) is 0.898. The molecule has 1 aliphatic rings. The number of hydrogen-bond donors (Lipinski definition) is 2. The minimum atomic E-state index is 0. The first-order valence-corrected chi connectivity index (χ1v) is 6.84. The first-order chi connectivity index (χ1) is 8.75. The van der Waals surface area contributed by atoms with Gasteiger partial charge in [-0.05, 0) is 43.5 Å². The van der Waals surface area contributed by atoms with Crippen LogP contribution < -0.4 is 10.6 Å². The molecule has 0 aliphatic carbocycles. The minimum Gasteiger partial charge on any atom is -0.352 e. The molecule has 0 atom stereocenters. The van der Waals surface area contributed by atoms with Crippen molar-refractivity contribution in [3.05, 3.63) is 34.9 Å². The third-order valence-corrected chi connectivity index (χ3v) is 3.74. The van der Waals surface area contributed by atoms with Gasteiger partial charge < -0.3 is 10.6 Å². The van der Waals surface area contributed by atoms with E-state index in [1.165, 1.54) is 0 Å². The van der Waals surface area contributed by atoms with Gasteiger partial charge in [0.05, 0.1) is 0 Å². The average molecular weight is 303 g/mol. The third-order valence-electron chi connectivity index (χ3n) is 3.37. The van der Waals surface area contributed by atoms with Crippen LogP contribution in [0.4, 0.5) is 0 Å². The van der Waals surface area contributed by atoms with E-state index in [1.807, 2.05) is 24.3 Å². The Kier molecular flexibility index (Phi) is 7.21. The van der Waals surface area contributed by atoms with Crippen LogP contribution in [0, 0.1) is 5.92 Å². The molecule has 2 rings (SSSR count). The van der Waals surface area contributed by atoms with Crippen LogP contribution in [0.1, 0.15) is 24.8 Å². The lowest BCUT2D eigenvalue weighted by atomic mass is 9.94. The number of rotatable bonds is 4. The molecule has 0 unspecified atom stereocenters. The fourth-order valence-electron chi connectivity index (χ4n) is 2.26. The maximum absolute atomic E-state index is 11.8. The Hall–Kier alpha value is -0.770. The number of piperidine rings is 1. The predicted molar refractivity (Wildman–Crippen MR) is 80.8 cm³/mol. The highest BCUT2D eigenvalue weighted by atomic mass is 35.5. The van der Waals surface area contributed by atoms with Gasteiger partial charge in [-0.3, -0.25) is 4.79 Å². The van der Waals surface area contributed by atoms with E-state index in [9.17, 15) is 4.79 Å². The molecule has 0 bridgehead atoms. The molecule has 1 aromatic carbocycles. The van der Waals surface area contributed by atoms with E-state index in [-0.39, 0.29) is 18.3 Å². The second-order valence-corrected chi connectivity index (χ2v) is 5.17. The second kappa shape index (κ2) is 8.41. The standard InChI is InChI=1S/C14H19ClN2O.ClH/c15-13-4-2-1-3-12(13)10-17-14(18)9-11-5-7-16-8-6-11;/h1-4,11,16H,5-10H2,(H,17,18);1H. The summed E-state index contributed by atoms with van der Waals surface area (Å²) in [5.74, 6) is 0.652. The molecule has 0 radical (unpaired) electrons. The molecular weight excluding hydrogens is 283 g/mol. The van der Waals surface area contributed by atoms with Gasteiger partial charge >= 0.3 is 0 Å². The smallest absolute Gasteiger partial charge is 0.220 e. The van der Waals surface area contributed by atoms with Crippen molar-refractivity contribution < 1.29 is 4.79 Å². The van der Waals surface area contributed by atoms with E-state index >= 15 is 0 Å². The van der Waals surface area contributed by atoms with E-state index in [0.717, 1.165) is 31.5 Å². The molecular formula is C14H20Cl2N2O. The molecule has 1 fully saturated rings. The summed E-state index contributed by atoms with van der Waals surface area (Å²) >= 11 is 6.04. The van der Waals surface area contributed by atoms with Crippen molar-refractivity contribution in [1.29, 1.82) is 0 Å². The van der Waals surface area contributed by atoms with Crippen LogP contribution in [0.3, 0.4) is 0 Å². The zero-order chi connectivity index (χ0) is 12.8. The topological polar surface area (TPSA) is 41.1 Å². The molecule has 1 aromatic rings. The van der Waals surface area contributed by atoms with Gasteiger partial charge in [0.1, 0.15) is 0 Å². The maximum Gasteiger partial charge on any atom is 0.220 e. The normalized spacial score (nSPS) is 15.6. The molecule has 1 saturated heterocycles. The molecule has 0 aromatic heterocycles. The summed E-state index contributed by atoms with van der Waals surface area (Å²) in [6.45, 7) is 2.58. The zero-order valence-electron chi connectivity index (χ0n) is 10.8. The number of carbonyl (C=O) groups is 1. The van der Waals surface area contributed by atoms with Crippen LogP contribution in [0.2, 0.25) is 5.02 Å². The van der Waals surface area contributed by atoms with Crippen molar-refractivity contribution >= 4 is 29.9 Å². The number of benzene rings is 1. The van der Waals surface area contributed by atoms with Crippen LogP contribution in [0.15, 0.2) is 24.3 Å². The monoisotopic (exact) mass is 302 g/mol. The largest absolute Gasteiger partial charge is 0.352 e. The Balaban J connectivity index is 0.00000180. The van der Waals surface area contributed by atoms with Crippen molar-refractivity contribution in [1.82, 2.24) is 10.6 Å². The van der Waals surface area contributed by atoms with Gasteiger partial charge in [-0.2, -0.15) is 0 Å². The number of halogens is 2. The van der Waals surface area contributed by atoms with Gasteiger partial charge in [-0.25, -0.2) is 0 Å². The number of carbonyl (C=O) groups excluding carboxylic acids is 1. The highest BCUT2D eigenvalue weighted by molar-refractivity contribution is 6.31. The first kappa shape index (κ1) is 16.3. The minimum absolute atomic E-state index is 0. The third kappa shape index (κ3) is 5.39. The molecule has 0 spiro atoms. The molecule has 106 valence electrons. The zero-order valence-corrected chi connectivity index (χ0v) is 12.4. The molecule has 1 heterocycles. The lowest BCUT2D eigenvalue weighted by Gasteiger charge is -2.21. The van der Waals surface area contributed by atoms with Crippen LogP contribution in [-0.4, -0.2) is 19.0 Å². The molecule has 2 N–H and O–H groups in total. The van der Waals surface area contributed by atoms with Gasteiger partial charge in [0.2, 0.25) is 5.91 Å². The summed E-state index contributed by atoms with van der Waals surface area (Å²) in [4.78, 5) is 11.8. The van der Waals surface area contributed by atoms with E-state index in [0.29, 0.717) is 23.9 Å². The Bertz CT molecular complexity index is 406. The van der Waals surface area contributed by atoms with Gasteiger partial charge in [0.25, 0.3) is 0 Å². The summed E-state index contributed by atoms with van der Waals surface area (Å²) in [5.41, 5.74) is 0.970. The van der Waals surface area contributed by atoms with Crippen molar-refractivity contribution in [3.8, 4) is 0 Å². The molecule has 3 nitrogen and oxygen atoms in total. The number of nitrogens with one attached hydrogen (secondary N) is 2. The lowest BCUT2D eigenvalue weighted by Crippen LogP contribution is -2.32. The fraction of sp³-hybridized carbons (Fsp3) is 0.500. The highest BCUT2D eigenvalue weighted by Gasteiger charge is 2.16. The van der Waals surface area contributed by atoms with Crippen LogP contribution in [-0.2, 0) is 11.3 Å². The first-order valence-electron chi connectivity index (χ1n) is 6.46. The van der Waals surface area contributed by atoms with E-state index in [2.05, 4.69) is 10.6 Å². The van der Waals surface area contributed by atoms with Crippen LogP contribution in [0.25, 0.3) is 0 Å². The fourth-order valence-corrected chi connectivity index (χ4v) is 2.46. The molecule has 0 saturated carbocycles. The molecule has 1 amide bonds. The average Bonchev–Trinajstić information content (AvgIpc) is 2.39. The Morgan fingerprint density at radius 2 is 2.00 bits per heavy atom. The second-order valence-electron chi connectivity index (χ2n) is 4.77. The van der Waals surface area contributed by atoms with Crippen LogP contribution in [0.5, 0.6) is 0 Å². The van der Waals surface area contributed by atoms with E-state index in [4.69, 9.17) is 11.6 Å². The van der Waals surface area contributed by atoms with Gasteiger partial charge in [0, 0.05) is 18.0 Å². The van der Waals surface area contributed by atoms with Crippen molar-refractivity contribution in [2.45, 2.75) is 25.8 Å². The number of amides is 1. The van der Waals surface area contributed by atoms with E-state index in [1.54, 1.807) is 0 Å². The summed E-state index contributed by atoms with van der Waals surface area (Å²) in [6, 6.07) is 7.60. The van der Waals surface area contributed by atoms with Crippen molar-refractivity contribution in [3.63, 3.8) is 0 Å². The van der Waals surface area contributed by atoms with Crippen molar-refractivity contribution in [2.75, 3.05) is 13.1 Å². The van der Waals surface area contributed by atoms with Gasteiger partial charge in [-0.1, -0.05) is 29.8 Å². The summed E-state index contributed by atoms with van der Waals surface area (Å²) in [5, 5.41) is 6.96. The molecule has 19 heavy (non-hydrogen) atoms. The Morgan fingerprint density at radius 3 is 2.68 bits per heavy atom. The predicted octanol–water partition coefficient (Wildman–Crippen LogP) is 2.77. The molecule has 5 heteroatoms. The Morgan fingerprint density at radius 1 is 1.32 bits per heavy atom. The van der Waals surface area contributed by atoms with Crippen LogP contribution >= 0.6 is 24.0 Å². The Labute approximate surface area is 125 Å². The summed E-state index contributed by atoms with van der Waals surface area (Å²) < 4.78 is 0. The van der Waals surface area contributed by atoms with E-state index < -0.39 is 0 Å². The maximum atomic E-state index is 11.8. The summed E-state index contributed by atoms with van der Waals surface area (Å²) in [6.07, 6.45) is 2.82. The van der Waals surface area contributed by atoms with Gasteiger partial charge in [0.15, 0.2) is 0 Å². The lowest BCUT2D eigenvalue weighted by molar-refractivity contribution is -0.122. The number of hydrogen-bond acceptors (Lipinski definition) is 2. The van der Waals surface area contributed by atoms with Crippen molar-refractivity contribution in [2.24, 2.45) is 5.92 Å². The summed E-state index contributed by atoms with van der Waals surface area (Å²) in [7, 11) is 0. The van der Waals surface area contributed by atoms with Gasteiger partial charge in [-0.15, -0.1) is 12.4 Å². The SMILES string of the molecule is Cl.O=C(CC1CCNCC1)NCc1ccccc1Cl. The molecule has 1 aliphatic heterocycles. The highest BCUT2D eigenvalue weighted by Crippen LogP contribution is 2.17.